The fourth-order valence-electron chi connectivity index (χ4n) is 2.58. The van der Waals surface area contributed by atoms with Crippen LogP contribution in [0.4, 0.5) is 11.6 Å². The maximum absolute atomic E-state index is 8.81. The fraction of sp³-hybridized carbons (Fsp3) is 0.733. The molecular formula is C15H26N4O2. The molecular weight excluding hydrogens is 268 g/mol. The first-order chi connectivity index (χ1) is 10.3. The molecule has 0 spiro atoms. The summed E-state index contributed by atoms with van der Waals surface area (Å²) in [6, 6.07) is 2.01. The van der Waals surface area contributed by atoms with Crippen molar-refractivity contribution in [1.82, 2.24) is 9.97 Å². The molecule has 2 N–H and O–H groups in total. The quantitative estimate of drug-likeness (QED) is 0.793. The Hall–Kier alpha value is -1.40. The molecule has 1 aromatic rings. The van der Waals surface area contributed by atoms with E-state index in [1.165, 1.54) is 0 Å². The summed E-state index contributed by atoms with van der Waals surface area (Å²) in [6.07, 6.45) is 4.15. The maximum Gasteiger partial charge on any atom is 0.134 e. The first kappa shape index (κ1) is 16.0. The van der Waals surface area contributed by atoms with Gasteiger partial charge < -0.3 is 20.1 Å². The highest BCUT2D eigenvalue weighted by atomic mass is 16.5. The van der Waals surface area contributed by atoms with Gasteiger partial charge in [-0.25, -0.2) is 9.97 Å². The van der Waals surface area contributed by atoms with E-state index in [2.05, 4.69) is 27.1 Å². The van der Waals surface area contributed by atoms with Gasteiger partial charge in [-0.1, -0.05) is 6.92 Å². The molecule has 0 amide bonds. The van der Waals surface area contributed by atoms with Crippen molar-refractivity contribution >= 4 is 11.6 Å². The van der Waals surface area contributed by atoms with Crippen LogP contribution in [0.15, 0.2) is 6.07 Å². The Labute approximate surface area is 126 Å². The van der Waals surface area contributed by atoms with Crippen molar-refractivity contribution in [2.45, 2.75) is 38.7 Å². The zero-order chi connectivity index (χ0) is 15.1. The third kappa shape index (κ3) is 4.54. The second-order valence-corrected chi connectivity index (χ2v) is 5.31. The van der Waals surface area contributed by atoms with Crippen LogP contribution in [0.1, 0.15) is 32.0 Å². The molecule has 118 valence electrons. The first-order valence-corrected chi connectivity index (χ1v) is 7.80. The molecule has 1 fully saturated rings. The van der Waals surface area contributed by atoms with Gasteiger partial charge in [-0.3, -0.25) is 0 Å². The minimum Gasteiger partial charge on any atom is -0.394 e. The summed E-state index contributed by atoms with van der Waals surface area (Å²) in [5.74, 6) is 2.78. The van der Waals surface area contributed by atoms with Crippen LogP contribution in [0.5, 0.6) is 0 Å². The number of nitrogens with one attached hydrogen (secondary N) is 1. The van der Waals surface area contributed by atoms with Gasteiger partial charge in [0, 0.05) is 32.6 Å². The van der Waals surface area contributed by atoms with E-state index in [1.807, 2.05) is 13.1 Å². The smallest absolute Gasteiger partial charge is 0.134 e. The molecule has 0 unspecified atom stereocenters. The molecule has 6 nitrogen and oxygen atoms in total. The van der Waals surface area contributed by atoms with Crippen molar-refractivity contribution in [3.8, 4) is 0 Å². The van der Waals surface area contributed by atoms with Crippen LogP contribution in [0.2, 0.25) is 0 Å². The molecule has 1 aliphatic rings. The molecule has 0 saturated carbocycles. The van der Waals surface area contributed by atoms with Crippen molar-refractivity contribution in [2.75, 3.05) is 43.6 Å². The SMILES string of the molecule is CCCc1nc(NC)cc(N2CCC(OCCO)CC2)n1. The van der Waals surface area contributed by atoms with E-state index in [-0.39, 0.29) is 12.7 Å². The van der Waals surface area contributed by atoms with E-state index in [9.17, 15) is 0 Å². The molecule has 2 rings (SSSR count). The van der Waals surface area contributed by atoms with Gasteiger partial charge in [-0.15, -0.1) is 0 Å². The first-order valence-electron chi connectivity index (χ1n) is 7.80. The van der Waals surface area contributed by atoms with Crippen molar-refractivity contribution in [1.29, 1.82) is 0 Å². The Bertz CT molecular complexity index is 434. The number of ether oxygens (including phenoxy) is 1. The summed E-state index contributed by atoms with van der Waals surface area (Å²) in [6.45, 7) is 4.53. The summed E-state index contributed by atoms with van der Waals surface area (Å²) < 4.78 is 5.60. The molecule has 1 saturated heterocycles. The molecule has 1 aromatic heterocycles. The van der Waals surface area contributed by atoms with Gasteiger partial charge in [0.1, 0.15) is 17.5 Å². The third-order valence-electron chi connectivity index (χ3n) is 3.70. The van der Waals surface area contributed by atoms with Gasteiger partial charge in [-0.2, -0.15) is 0 Å². The highest BCUT2D eigenvalue weighted by Crippen LogP contribution is 2.22. The number of aliphatic hydroxyl groups excluding tert-OH is 1. The Morgan fingerprint density at radius 3 is 2.76 bits per heavy atom. The van der Waals surface area contributed by atoms with E-state index < -0.39 is 0 Å². The summed E-state index contributed by atoms with van der Waals surface area (Å²) >= 11 is 0. The zero-order valence-electron chi connectivity index (χ0n) is 13.0. The molecule has 0 bridgehead atoms. The second kappa shape index (κ2) is 8.14. The van der Waals surface area contributed by atoms with E-state index in [0.29, 0.717) is 6.61 Å². The Morgan fingerprint density at radius 2 is 2.14 bits per heavy atom. The van der Waals surface area contributed by atoms with E-state index >= 15 is 0 Å². The van der Waals surface area contributed by atoms with Crippen molar-refractivity contribution in [3.63, 3.8) is 0 Å². The number of aryl methyl sites for hydroxylation is 1. The molecule has 0 atom stereocenters. The summed E-state index contributed by atoms with van der Waals surface area (Å²) in [5, 5.41) is 11.9. The Kier molecular flexibility index (Phi) is 6.20. The van der Waals surface area contributed by atoms with Gasteiger partial charge in [0.25, 0.3) is 0 Å². The minimum atomic E-state index is 0.0953. The number of aromatic nitrogens is 2. The van der Waals surface area contributed by atoms with E-state index in [0.717, 1.165) is 56.2 Å². The predicted octanol–water partition coefficient (Wildman–Crippen LogP) is 1.45. The fourth-order valence-corrected chi connectivity index (χ4v) is 2.58. The summed E-state index contributed by atoms with van der Waals surface area (Å²) in [7, 11) is 1.89. The van der Waals surface area contributed by atoms with Crippen LogP contribution in [0.25, 0.3) is 0 Å². The normalized spacial score (nSPS) is 16.2. The lowest BCUT2D eigenvalue weighted by atomic mass is 10.1. The Balaban J connectivity index is 2.00. The molecule has 2 heterocycles. The van der Waals surface area contributed by atoms with Gasteiger partial charge in [0.2, 0.25) is 0 Å². The molecule has 21 heavy (non-hydrogen) atoms. The lowest BCUT2D eigenvalue weighted by Gasteiger charge is -2.32. The van der Waals surface area contributed by atoms with Gasteiger partial charge in [-0.05, 0) is 19.3 Å². The number of hydrogen-bond donors (Lipinski definition) is 2. The maximum atomic E-state index is 8.81. The molecule has 6 heteroatoms. The molecule has 0 aromatic carbocycles. The predicted molar refractivity (Wildman–Crippen MR) is 83.8 cm³/mol. The van der Waals surface area contributed by atoms with Crippen LogP contribution in [-0.2, 0) is 11.2 Å². The molecule has 0 radical (unpaired) electrons. The number of hydrogen-bond acceptors (Lipinski definition) is 6. The second-order valence-electron chi connectivity index (χ2n) is 5.31. The lowest BCUT2D eigenvalue weighted by Crippen LogP contribution is -2.38. The van der Waals surface area contributed by atoms with Crippen LogP contribution in [0, 0.1) is 0 Å². The highest BCUT2D eigenvalue weighted by Gasteiger charge is 2.21. The minimum absolute atomic E-state index is 0.0953. The van der Waals surface area contributed by atoms with Gasteiger partial charge in [0.15, 0.2) is 0 Å². The van der Waals surface area contributed by atoms with Crippen molar-refractivity contribution in [2.24, 2.45) is 0 Å². The molecule has 0 aliphatic carbocycles. The van der Waals surface area contributed by atoms with Crippen LogP contribution < -0.4 is 10.2 Å². The number of rotatable bonds is 7. The number of anilines is 2. The summed E-state index contributed by atoms with van der Waals surface area (Å²) in [4.78, 5) is 11.5. The number of nitrogens with zero attached hydrogens (tertiary/aromatic N) is 3. The van der Waals surface area contributed by atoms with E-state index in [1.54, 1.807) is 0 Å². The third-order valence-corrected chi connectivity index (χ3v) is 3.70. The Morgan fingerprint density at radius 1 is 1.38 bits per heavy atom. The van der Waals surface area contributed by atoms with Crippen molar-refractivity contribution < 1.29 is 9.84 Å². The van der Waals surface area contributed by atoms with Gasteiger partial charge >= 0.3 is 0 Å². The monoisotopic (exact) mass is 294 g/mol. The van der Waals surface area contributed by atoms with E-state index in [4.69, 9.17) is 9.84 Å². The number of aliphatic hydroxyl groups is 1. The van der Waals surface area contributed by atoms with Gasteiger partial charge in [0.05, 0.1) is 19.3 Å². The topological polar surface area (TPSA) is 70.5 Å². The standard InChI is InChI=1S/C15H26N4O2/c1-3-4-13-17-14(16-2)11-15(18-13)19-7-5-12(6-8-19)21-10-9-20/h11-12,20H,3-10H2,1-2H3,(H,16,17,18). The van der Waals surface area contributed by atoms with Crippen LogP contribution >= 0.6 is 0 Å². The largest absolute Gasteiger partial charge is 0.394 e. The molecule has 1 aliphatic heterocycles. The van der Waals surface area contributed by atoms with Crippen LogP contribution in [-0.4, -0.2) is 54.5 Å². The lowest BCUT2D eigenvalue weighted by molar-refractivity contribution is 0.0158. The average molecular weight is 294 g/mol. The number of piperidine rings is 1. The van der Waals surface area contributed by atoms with Crippen molar-refractivity contribution in [3.05, 3.63) is 11.9 Å². The summed E-state index contributed by atoms with van der Waals surface area (Å²) in [5.41, 5.74) is 0. The van der Waals surface area contributed by atoms with Crippen LogP contribution in [0.3, 0.4) is 0 Å². The zero-order valence-corrected chi connectivity index (χ0v) is 13.0. The average Bonchev–Trinajstić information content (AvgIpc) is 2.53. The highest BCUT2D eigenvalue weighted by molar-refractivity contribution is 5.49.